The molecular weight excluding hydrogens is 871 g/mol. The second kappa shape index (κ2) is 15.2. The number of hydrogen-bond donors (Lipinski definition) is 0. The van der Waals surface area contributed by atoms with E-state index >= 15 is 0 Å². The first-order valence-corrected chi connectivity index (χ1v) is 23.9. The van der Waals surface area contributed by atoms with Crippen LogP contribution in [0.4, 0.5) is 0 Å². The van der Waals surface area contributed by atoms with Crippen molar-refractivity contribution >= 4 is 0 Å². The molecule has 0 aliphatic heterocycles. The molecule has 8 aromatic heterocycles. The third-order valence-corrected chi connectivity index (χ3v) is 15.3. The summed E-state index contributed by atoms with van der Waals surface area (Å²) in [5.74, 6) is 0. The molecule has 9 nitrogen and oxygen atoms in total. The molecule has 14 rings (SSSR count). The maximum Gasteiger partial charge on any atom is 0.204 e. The summed E-state index contributed by atoms with van der Waals surface area (Å²) in [6.45, 7) is 4.36. The number of hydrogen-bond acceptors (Lipinski definition) is 7. The van der Waals surface area contributed by atoms with Gasteiger partial charge in [-0.2, -0.15) is 0 Å². The lowest BCUT2D eigenvalue weighted by molar-refractivity contribution is -0.675. The van der Waals surface area contributed by atoms with E-state index in [1.807, 2.05) is 85.5 Å². The van der Waals surface area contributed by atoms with Gasteiger partial charge in [0.1, 0.15) is 0 Å². The zero-order valence-corrected chi connectivity index (χ0v) is 39.2. The van der Waals surface area contributed by atoms with Crippen molar-refractivity contribution in [3.63, 3.8) is 0 Å². The average Bonchev–Trinajstić information content (AvgIpc) is 4.17. The van der Waals surface area contributed by atoms with E-state index in [4.69, 9.17) is 34.9 Å². The molecule has 0 spiro atoms. The van der Waals surface area contributed by atoms with Crippen LogP contribution in [0.1, 0.15) is 72.5 Å². The van der Waals surface area contributed by atoms with E-state index in [-0.39, 0.29) is 0 Å². The standard InChI is InChI=1S/C62H43N9/c1-39-13-4-14-40(2)53(39)41-25-32-63-52(35-41)61(48-21-9-28-66-56(48)57-49(61)22-10-29-67-57)44-17-5-15-42(36-44)60(46-19-7-26-64-54(46)55-47(60)20-8-27-65-55)43-16-6-18-45(37-43)62(71-34-33-70(3)38-71)50-23-11-30-68-58(50)59-51(62)24-12-31-69-59/h4-37H,1-3H3. The summed E-state index contributed by atoms with van der Waals surface area (Å²) in [6, 6.07) is 54.6. The van der Waals surface area contributed by atoms with Crippen LogP contribution in [-0.2, 0) is 23.4 Å². The summed E-state index contributed by atoms with van der Waals surface area (Å²) in [7, 11) is 2.01. The molecule has 3 aromatic carbocycles. The van der Waals surface area contributed by atoms with Gasteiger partial charge in [-0.05, 0) is 131 Å². The summed E-state index contributed by atoms with van der Waals surface area (Å²) in [5, 5.41) is 0. The molecule has 0 fully saturated rings. The van der Waals surface area contributed by atoms with Crippen molar-refractivity contribution in [2.24, 2.45) is 7.05 Å². The summed E-state index contributed by atoms with van der Waals surface area (Å²) in [5.41, 5.74) is 18.5. The molecule has 71 heavy (non-hydrogen) atoms. The quantitative estimate of drug-likeness (QED) is 0.116. The summed E-state index contributed by atoms with van der Waals surface area (Å²) < 4.78 is 4.16. The first-order valence-electron chi connectivity index (χ1n) is 23.9. The second-order valence-corrected chi connectivity index (χ2v) is 18.8. The average molecular weight is 914 g/mol. The van der Waals surface area contributed by atoms with Crippen molar-refractivity contribution in [1.82, 2.24) is 39.5 Å². The number of rotatable bonds is 7. The Morgan fingerprint density at radius 2 is 0.817 bits per heavy atom. The Kier molecular flexibility index (Phi) is 8.77. The van der Waals surface area contributed by atoms with Gasteiger partial charge in [0.05, 0.1) is 57.7 Å². The highest BCUT2D eigenvalue weighted by molar-refractivity contribution is 5.85. The van der Waals surface area contributed by atoms with Gasteiger partial charge in [-0.3, -0.25) is 34.9 Å². The van der Waals surface area contributed by atoms with Gasteiger partial charge in [0, 0.05) is 71.2 Å². The first kappa shape index (κ1) is 40.9. The van der Waals surface area contributed by atoms with Crippen molar-refractivity contribution in [3.8, 4) is 45.3 Å². The van der Waals surface area contributed by atoms with Gasteiger partial charge in [0.2, 0.25) is 6.33 Å². The molecule has 0 N–H and O–H groups in total. The van der Waals surface area contributed by atoms with Crippen LogP contribution in [0.2, 0.25) is 0 Å². The third-order valence-electron chi connectivity index (χ3n) is 15.3. The maximum atomic E-state index is 5.37. The largest absolute Gasteiger partial charge is 0.354 e. The zero-order chi connectivity index (χ0) is 47.5. The fourth-order valence-electron chi connectivity index (χ4n) is 12.6. The monoisotopic (exact) mass is 913 g/mol. The number of aromatic nitrogens is 9. The third kappa shape index (κ3) is 5.40. The second-order valence-electron chi connectivity index (χ2n) is 18.8. The molecule has 0 saturated heterocycles. The van der Waals surface area contributed by atoms with Gasteiger partial charge in [0.25, 0.3) is 0 Å². The number of aryl methyl sites for hydroxylation is 3. The Hall–Kier alpha value is -9.08. The van der Waals surface area contributed by atoms with Gasteiger partial charge in [-0.1, -0.05) is 97.1 Å². The van der Waals surface area contributed by atoms with Crippen LogP contribution >= 0.6 is 0 Å². The predicted octanol–water partition coefficient (Wildman–Crippen LogP) is 10.7. The van der Waals surface area contributed by atoms with E-state index in [1.54, 1.807) is 0 Å². The number of pyridine rings is 7. The predicted molar refractivity (Wildman–Crippen MR) is 272 cm³/mol. The van der Waals surface area contributed by atoms with Crippen molar-refractivity contribution in [2.45, 2.75) is 30.2 Å². The number of benzene rings is 3. The van der Waals surface area contributed by atoms with Crippen molar-refractivity contribution in [1.29, 1.82) is 0 Å². The summed E-state index contributed by atoms with van der Waals surface area (Å²) in [4.78, 5) is 35.7. The lowest BCUT2D eigenvalue weighted by Gasteiger charge is -2.38. The molecule has 0 atom stereocenters. The molecule has 8 heterocycles. The van der Waals surface area contributed by atoms with Crippen LogP contribution in [0, 0.1) is 20.2 Å². The van der Waals surface area contributed by atoms with E-state index in [0.29, 0.717) is 0 Å². The maximum absolute atomic E-state index is 5.37. The Morgan fingerprint density at radius 3 is 1.30 bits per heavy atom. The Labute approximate surface area is 411 Å². The Morgan fingerprint density at radius 1 is 0.408 bits per heavy atom. The molecule has 336 valence electrons. The van der Waals surface area contributed by atoms with Crippen LogP contribution in [0.5, 0.6) is 0 Å². The lowest BCUT2D eigenvalue weighted by Crippen LogP contribution is -2.38. The SMILES string of the molecule is Cc1cccc(C)c1-c1ccnc(C2(c3cccc(C4(c5cccc(C6(n7[c-][n+](C)cc7)c7cccnc7-c7ncccc76)c5)c5cccnc5-c5ncccc54)c3)c3cccnc3-c3ncccc32)c1. The Balaban J connectivity index is 1.08. The minimum Gasteiger partial charge on any atom is -0.354 e. The number of fused-ring (bicyclic) bond motifs is 9. The number of nitrogens with zero attached hydrogens (tertiary/aromatic N) is 9. The highest BCUT2D eigenvalue weighted by Crippen LogP contribution is 2.59. The fourth-order valence-corrected chi connectivity index (χ4v) is 12.6. The smallest absolute Gasteiger partial charge is 0.204 e. The van der Waals surface area contributed by atoms with Crippen LogP contribution < -0.4 is 4.57 Å². The van der Waals surface area contributed by atoms with Gasteiger partial charge >= 0.3 is 0 Å². The summed E-state index contributed by atoms with van der Waals surface area (Å²) in [6.07, 6.45) is 20.9. The van der Waals surface area contributed by atoms with Crippen molar-refractivity contribution in [2.75, 3.05) is 0 Å². The van der Waals surface area contributed by atoms with Crippen LogP contribution in [0.15, 0.2) is 207 Å². The van der Waals surface area contributed by atoms with Crippen molar-refractivity contribution in [3.05, 3.63) is 286 Å². The normalized spacial score (nSPS) is 14.7. The topological polar surface area (TPSA) is 99.0 Å². The zero-order valence-electron chi connectivity index (χ0n) is 39.2. The molecular formula is C62H43N9. The molecule has 11 aromatic rings. The van der Waals surface area contributed by atoms with Crippen molar-refractivity contribution < 1.29 is 4.57 Å². The highest BCUT2D eigenvalue weighted by Gasteiger charge is 2.54. The molecule has 3 aliphatic rings. The van der Waals surface area contributed by atoms with E-state index in [2.05, 4.69) is 158 Å². The van der Waals surface area contributed by atoms with Gasteiger partial charge in [-0.25, -0.2) is 0 Å². The minimum absolute atomic E-state index is 0.849. The first-order chi connectivity index (χ1) is 34.9. The van der Waals surface area contributed by atoms with E-state index < -0.39 is 16.4 Å². The molecule has 0 saturated carbocycles. The van der Waals surface area contributed by atoms with Crippen LogP contribution in [0.3, 0.4) is 0 Å². The van der Waals surface area contributed by atoms with Gasteiger partial charge in [0.15, 0.2) is 5.54 Å². The van der Waals surface area contributed by atoms with Crippen LogP contribution in [0.25, 0.3) is 45.3 Å². The molecule has 0 radical (unpaired) electrons. The van der Waals surface area contributed by atoms with E-state index in [9.17, 15) is 0 Å². The minimum atomic E-state index is -0.909. The molecule has 0 amide bonds. The molecule has 9 heteroatoms. The van der Waals surface area contributed by atoms with E-state index in [1.165, 1.54) is 16.7 Å². The highest BCUT2D eigenvalue weighted by atomic mass is 15.2. The summed E-state index contributed by atoms with van der Waals surface area (Å²) >= 11 is 0. The number of imidazole rings is 1. The van der Waals surface area contributed by atoms with Gasteiger partial charge in [-0.15, -0.1) is 0 Å². The van der Waals surface area contributed by atoms with E-state index in [0.717, 1.165) is 101 Å². The lowest BCUT2D eigenvalue weighted by atomic mass is 9.64. The van der Waals surface area contributed by atoms with Gasteiger partial charge < -0.3 is 9.13 Å². The molecule has 0 unspecified atom stereocenters. The van der Waals surface area contributed by atoms with Crippen LogP contribution in [-0.4, -0.2) is 39.5 Å². The molecule has 0 bridgehead atoms. The Bertz CT molecular complexity index is 3830. The fraction of sp³-hybridized carbons (Fsp3) is 0.0968. The molecule has 3 aliphatic carbocycles.